The molecule has 8 nitrogen and oxygen atoms in total. The number of hydrogen-bond donors (Lipinski definition) is 1. The molecule has 1 saturated heterocycles. The number of morpholine rings is 1. The van der Waals surface area contributed by atoms with E-state index in [1.165, 1.54) is 23.1 Å². The quantitative estimate of drug-likeness (QED) is 0.210. The number of carbonyl (C=O) groups excluding carboxylic acids is 1. The van der Waals surface area contributed by atoms with E-state index in [0.717, 1.165) is 66.2 Å². The summed E-state index contributed by atoms with van der Waals surface area (Å²) >= 11 is 9.53. The largest absolute Gasteiger partial charge is 0.379 e. The van der Waals surface area contributed by atoms with Crippen molar-refractivity contribution in [1.82, 2.24) is 30.0 Å². The molecule has 1 aliphatic heterocycles. The van der Waals surface area contributed by atoms with Crippen LogP contribution in [0, 0.1) is 6.92 Å². The standard InChI is InChI=1S/C27H29ClN6O2S2/c1-19-7-2-5-10-23(19)34-25(20-8-3-4-9-21(20)28)31-32-27(34)38-18-24-30-22(17-37-24)26(35)29-11-6-12-33-13-15-36-16-14-33/h2-5,7-10,17H,6,11-16,18H2,1H3,(H,29,35). The number of hydrogen-bond acceptors (Lipinski definition) is 8. The zero-order valence-electron chi connectivity index (χ0n) is 21.1. The predicted octanol–water partition coefficient (Wildman–Crippen LogP) is 5.10. The monoisotopic (exact) mass is 568 g/mol. The summed E-state index contributed by atoms with van der Waals surface area (Å²) in [6.45, 7) is 7.13. The van der Waals surface area contributed by atoms with Crippen LogP contribution in [0.15, 0.2) is 59.1 Å². The van der Waals surface area contributed by atoms with Crippen LogP contribution in [0.1, 0.15) is 27.5 Å². The van der Waals surface area contributed by atoms with Crippen molar-refractivity contribution in [3.05, 3.63) is 75.2 Å². The van der Waals surface area contributed by atoms with Crippen LogP contribution in [0.5, 0.6) is 0 Å². The first kappa shape index (κ1) is 26.8. The SMILES string of the molecule is Cc1ccccc1-n1c(SCc2nc(C(=O)NCCCN3CCOCC3)cs2)nnc1-c1ccccc1Cl. The number of rotatable bonds is 10. The van der Waals surface area contributed by atoms with Crippen LogP contribution in [-0.2, 0) is 10.5 Å². The van der Waals surface area contributed by atoms with Crippen molar-refractivity contribution in [2.24, 2.45) is 0 Å². The van der Waals surface area contributed by atoms with Crippen LogP contribution < -0.4 is 5.32 Å². The number of aromatic nitrogens is 4. The molecule has 0 saturated carbocycles. The molecule has 0 radical (unpaired) electrons. The number of aryl methyl sites for hydroxylation is 1. The Balaban J connectivity index is 1.25. The number of thiazole rings is 1. The fourth-order valence-electron chi connectivity index (χ4n) is 4.24. The fraction of sp³-hybridized carbons (Fsp3) is 0.333. The minimum absolute atomic E-state index is 0.136. The molecule has 0 unspecified atom stereocenters. The highest BCUT2D eigenvalue weighted by atomic mass is 35.5. The topological polar surface area (TPSA) is 85.2 Å². The van der Waals surface area contributed by atoms with Crippen molar-refractivity contribution in [2.75, 3.05) is 39.4 Å². The van der Waals surface area contributed by atoms with Gasteiger partial charge in [0.05, 0.1) is 29.7 Å². The summed E-state index contributed by atoms with van der Waals surface area (Å²) in [5, 5.41) is 16.0. The number of nitrogens with one attached hydrogen (secondary N) is 1. The zero-order valence-corrected chi connectivity index (χ0v) is 23.5. The summed E-state index contributed by atoms with van der Waals surface area (Å²) in [6, 6.07) is 15.8. The van der Waals surface area contributed by atoms with Crippen molar-refractivity contribution in [2.45, 2.75) is 24.3 Å². The molecule has 5 rings (SSSR count). The van der Waals surface area contributed by atoms with Gasteiger partial charge in [-0.05, 0) is 43.7 Å². The van der Waals surface area contributed by atoms with Gasteiger partial charge in [-0.25, -0.2) is 4.98 Å². The van der Waals surface area contributed by atoms with Crippen molar-refractivity contribution in [3.8, 4) is 17.1 Å². The van der Waals surface area contributed by atoms with Gasteiger partial charge in [0.25, 0.3) is 5.91 Å². The molecule has 198 valence electrons. The van der Waals surface area contributed by atoms with Crippen molar-refractivity contribution in [1.29, 1.82) is 0 Å². The van der Waals surface area contributed by atoms with E-state index in [1.807, 2.05) is 52.4 Å². The number of thioether (sulfide) groups is 1. The number of carbonyl (C=O) groups is 1. The van der Waals surface area contributed by atoms with E-state index >= 15 is 0 Å². The Morgan fingerprint density at radius 2 is 1.92 bits per heavy atom. The molecule has 1 fully saturated rings. The summed E-state index contributed by atoms with van der Waals surface area (Å²) in [6.07, 6.45) is 0.904. The molecular formula is C27H29ClN6O2S2. The average Bonchev–Trinajstić information content (AvgIpc) is 3.58. The molecule has 11 heteroatoms. The second-order valence-electron chi connectivity index (χ2n) is 8.89. The molecule has 0 bridgehead atoms. The molecule has 38 heavy (non-hydrogen) atoms. The van der Waals surface area contributed by atoms with Gasteiger partial charge in [0.2, 0.25) is 0 Å². The van der Waals surface area contributed by atoms with E-state index in [4.69, 9.17) is 16.3 Å². The Hall–Kier alpha value is -2.76. The highest BCUT2D eigenvalue weighted by Gasteiger charge is 2.20. The normalized spacial score (nSPS) is 14.1. The lowest BCUT2D eigenvalue weighted by atomic mass is 10.1. The number of amides is 1. The first-order valence-electron chi connectivity index (χ1n) is 12.5. The van der Waals surface area contributed by atoms with Crippen molar-refractivity contribution >= 4 is 40.6 Å². The van der Waals surface area contributed by atoms with Gasteiger partial charge in [-0.3, -0.25) is 14.3 Å². The van der Waals surface area contributed by atoms with Gasteiger partial charge in [-0.15, -0.1) is 21.5 Å². The number of para-hydroxylation sites is 1. The second kappa shape index (κ2) is 12.9. The lowest BCUT2D eigenvalue weighted by Gasteiger charge is -2.26. The van der Waals surface area contributed by atoms with E-state index in [9.17, 15) is 4.79 Å². The molecule has 0 aliphatic carbocycles. The van der Waals surface area contributed by atoms with Crippen LogP contribution in [0.2, 0.25) is 5.02 Å². The second-order valence-corrected chi connectivity index (χ2v) is 11.2. The van der Waals surface area contributed by atoms with Gasteiger partial charge in [0, 0.05) is 30.6 Å². The average molecular weight is 569 g/mol. The summed E-state index contributed by atoms with van der Waals surface area (Å²) in [5.41, 5.74) is 3.36. The van der Waals surface area contributed by atoms with Crippen LogP contribution in [0.25, 0.3) is 17.1 Å². The van der Waals surface area contributed by atoms with Gasteiger partial charge in [-0.2, -0.15) is 0 Å². The molecule has 1 amide bonds. The van der Waals surface area contributed by atoms with E-state index in [1.54, 1.807) is 0 Å². The molecule has 0 spiro atoms. The van der Waals surface area contributed by atoms with Gasteiger partial charge < -0.3 is 10.1 Å². The molecule has 4 aromatic rings. The Morgan fingerprint density at radius 3 is 2.74 bits per heavy atom. The maximum Gasteiger partial charge on any atom is 0.270 e. The van der Waals surface area contributed by atoms with Crippen molar-refractivity contribution < 1.29 is 9.53 Å². The zero-order chi connectivity index (χ0) is 26.3. The smallest absolute Gasteiger partial charge is 0.270 e. The summed E-state index contributed by atoms with van der Waals surface area (Å²) in [7, 11) is 0. The Bertz CT molecular complexity index is 1390. The third-order valence-corrected chi connectivity index (χ3v) is 8.56. The summed E-state index contributed by atoms with van der Waals surface area (Å²) < 4.78 is 7.42. The summed E-state index contributed by atoms with van der Waals surface area (Å²) in [5.74, 6) is 1.12. The lowest BCUT2D eigenvalue weighted by molar-refractivity contribution is 0.0374. The van der Waals surface area contributed by atoms with Crippen LogP contribution in [0.4, 0.5) is 0 Å². The lowest BCUT2D eigenvalue weighted by Crippen LogP contribution is -2.38. The first-order valence-corrected chi connectivity index (χ1v) is 14.8. The third kappa shape index (κ3) is 6.44. The minimum atomic E-state index is -0.136. The van der Waals surface area contributed by atoms with Crippen LogP contribution in [-0.4, -0.2) is 69.9 Å². The fourth-order valence-corrected chi connectivity index (χ4v) is 6.20. The highest BCUT2D eigenvalue weighted by Crippen LogP contribution is 2.34. The number of nitrogens with zero attached hydrogens (tertiary/aromatic N) is 5. The number of ether oxygens (including phenoxy) is 1. The molecule has 2 aromatic heterocycles. The van der Waals surface area contributed by atoms with E-state index < -0.39 is 0 Å². The van der Waals surface area contributed by atoms with Gasteiger partial charge in [-0.1, -0.05) is 53.7 Å². The predicted molar refractivity (Wildman–Crippen MR) is 152 cm³/mol. The Kier molecular flexibility index (Phi) is 9.08. The summed E-state index contributed by atoms with van der Waals surface area (Å²) in [4.78, 5) is 19.5. The van der Waals surface area contributed by atoms with Gasteiger partial charge in [0.15, 0.2) is 11.0 Å². The molecule has 1 aliphatic rings. The maximum atomic E-state index is 12.6. The van der Waals surface area contributed by atoms with E-state index in [-0.39, 0.29) is 5.91 Å². The van der Waals surface area contributed by atoms with Crippen LogP contribution in [0.3, 0.4) is 0 Å². The molecule has 3 heterocycles. The van der Waals surface area contributed by atoms with Gasteiger partial charge >= 0.3 is 0 Å². The Labute approximate surface area is 235 Å². The number of halogens is 1. The van der Waals surface area contributed by atoms with Crippen LogP contribution >= 0.6 is 34.7 Å². The third-order valence-electron chi connectivity index (χ3n) is 6.25. The minimum Gasteiger partial charge on any atom is -0.379 e. The number of benzene rings is 2. The van der Waals surface area contributed by atoms with Crippen molar-refractivity contribution in [3.63, 3.8) is 0 Å². The van der Waals surface area contributed by atoms with Gasteiger partial charge in [0.1, 0.15) is 10.7 Å². The molecule has 2 aromatic carbocycles. The molecule has 0 atom stereocenters. The Morgan fingerprint density at radius 1 is 1.13 bits per heavy atom. The van der Waals surface area contributed by atoms with E-state index in [0.29, 0.717) is 28.8 Å². The molecular weight excluding hydrogens is 540 g/mol. The first-order chi connectivity index (χ1) is 18.6. The maximum absolute atomic E-state index is 12.6. The van der Waals surface area contributed by atoms with E-state index in [2.05, 4.69) is 38.4 Å². The molecule has 1 N–H and O–H groups in total. The highest BCUT2D eigenvalue weighted by molar-refractivity contribution is 7.98.